The van der Waals surface area contributed by atoms with Crippen molar-refractivity contribution in [3.8, 4) is 6.07 Å². The van der Waals surface area contributed by atoms with Gasteiger partial charge in [-0.05, 0) is 57.1 Å². The lowest BCUT2D eigenvalue weighted by molar-refractivity contribution is -0.135. The first-order valence-corrected chi connectivity index (χ1v) is 12.3. The second kappa shape index (κ2) is 12.7. The molecule has 0 bridgehead atoms. The van der Waals surface area contributed by atoms with E-state index in [-0.39, 0.29) is 28.3 Å². The number of hydrogen-bond donors (Lipinski definition) is 2. The molecular weight excluding hydrogens is 466 g/mol. The van der Waals surface area contributed by atoms with Gasteiger partial charge in [-0.2, -0.15) is 5.26 Å². The van der Waals surface area contributed by atoms with Crippen molar-refractivity contribution in [2.75, 3.05) is 38.1 Å². The number of nitrogens with one attached hydrogen (secondary N) is 2. The standard InChI is InChI=1S/C25H29N5O4S/c1-3-15-34-25(33)20(16-26)24-30(4-2)23(32)21(35-24)17-28-19-9-7-18(8-10-19)22(31)27-11-14-29-12-5-6-13-29/h3,7-10,17,28H,1,4-6,11-15H2,2H3,(H,27,31). The highest BCUT2D eigenvalue weighted by Crippen LogP contribution is 2.10. The molecule has 0 unspecified atom stereocenters. The minimum Gasteiger partial charge on any atom is -0.457 e. The smallest absolute Gasteiger partial charge is 0.352 e. The van der Waals surface area contributed by atoms with Crippen LogP contribution >= 0.6 is 11.3 Å². The SMILES string of the molecule is C=CCOC(=O)C(C#N)=c1sc(=CNc2ccc(C(=O)NCCN3CCCC3)cc2)c(=O)n1CC. The molecule has 3 rings (SSSR count). The van der Waals surface area contributed by atoms with Crippen LogP contribution in [0.1, 0.15) is 30.1 Å². The maximum atomic E-state index is 12.8. The Morgan fingerprint density at radius 1 is 1.26 bits per heavy atom. The lowest BCUT2D eigenvalue weighted by atomic mass is 10.2. The molecule has 0 spiro atoms. The molecule has 2 heterocycles. The Hall–Kier alpha value is -3.68. The minimum atomic E-state index is -0.801. The van der Waals surface area contributed by atoms with Crippen LogP contribution in [0.15, 0.2) is 41.7 Å². The molecule has 35 heavy (non-hydrogen) atoms. The predicted octanol–water partition coefficient (Wildman–Crippen LogP) is 1.01. The number of carbonyl (C=O) groups excluding carboxylic acids is 2. The number of rotatable bonds is 10. The molecule has 2 N–H and O–H groups in total. The van der Waals surface area contributed by atoms with E-state index in [0.717, 1.165) is 31.0 Å². The molecular formula is C25H29N5O4S. The summed E-state index contributed by atoms with van der Waals surface area (Å²) in [6.07, 6.45) is 5.37. The molecule has 184 valence electrons. The van der Waals surface area contributed by atoms with Crippen molar-refractivity contribution < 1.29 is 14.3 Å². The van der Waals surface area contributed by atoms with Gasteiger partial charge >= 0.3 is 5.97 Å². The van der Waals surface area contributed by atoms with Crippen molar-refractivity contribution in [3.63, 3.8) is 0 Å². The van der Waals surface area contributed by atoms with Gasteiger partial charge in [-0.3, -0.25) is 14.2 Å². The summed E-state index contributed by atoms with van der Waals surface area (Å²) >= 11 is 1.03. The number of benzene rings is 1. The van der Waals surface area contributed by atoms with Crippen LogP contribution < -0.4 is 25.4 Å². The van der Waals surface area contributed by atoms with Crippen LogP contribution in [-0.4, -0.2) is 54.1 Å². The monoisotopic (exact) mass is 495 g/mol. The van der Waals surface area contributed by atoms with Gasteiger partial charge in [0.1, 0.15) is 21.9 Å². The molecule has 1 fully saturated rings. The molecule has 0 saturated carbocycles. The molecule has 0 aliphatic carbocycles. The molecule has 0 radical (unpaired) electrons. The van der Waals surface area contributed by atoms with Gasteiger partial charge in [-0.1, -0.05) is 12.7 Å². The zero-order chi connectivity index (χ0) is 25.2. The number of thiazole rings is 1. The molecule has 0 atom stereocenters. The summed E-state index contributed by atoms with van der Waals surface area (Å²) in [6, 6.07) is 8.77. The number of ether oxygens (including phenoxy) is 1. The fourth-order valence-electron chi connectivity index (χ4n) is 3.68. The van der Waals surface area contributed by atoms with Crippen molar-refractivity contribution in [1.29, 1.82) is 5.26 Å². The Bertz CT molecular complexity index is 1280. The first-order valence-electron chi connectivity index (χ1n) is 11.5. The summed E-state index contributed by atoms with van der Waals surface area (Å²) in [5.41, 5.74) is 0.690. The molecule has 1 aliphatic heterocycles. The summed E-state index contributed by atoms with van der Waals surface area (Å²) in [4.78, 5) is 39.7. The van der Waals surface area contributed by atoms with Crippen LogP contribution in [0.2, 0.25) is 0 Å². The molecule has 1 aromatic heterocycles. The highest BCUT2D eigenvalue weighted by Gasteiger charge is 2.16. The minimum absolute atomic E-state index is 0.0290. The Balaban J connectivity index is 1.72. The van der Waals surface area contributed by atoms with Gasteiger partial charge in [0.25, 0.3) is 11.5 Å². The first-order chi connectivity index (χ1) is 17.0. The van der Waals surface area contributed by atoms with Crippen LogP contribution in [0.5, 0.6) is 0 Å². The molecule has 10 heteroatoms. The van der Waals surface area contributed by atoms with E-state index < -0.39 is 5.97 Å². The van der Waals surface area contributed by atoms with Crippen molar-refractivity contribution in [3.05, 3.63) is 62.0 Å². The summed E-state index contributed by atoms with van der Waals surface area (Å²) in [5, 5.41) is 15.5. The van der Waals surface area contributed by atoms with E-state index in [9.17, 15) is 19.6 Å². The van der Waals surface area contributed by atoms with Gasteiger partial charge in [-0.15, -0.1) is 11.3 Å². The predicted molar refractivity (Wildman–Crippen MR) is 136 cm³/mol. The molecule has 1 amide bonds. The van der Waals surface area contributed by atoms with E-state index in [1.165, 1.54) is 29.7 Å². The quantitative estimate of drug-likeness (QED) is 0.373. The van der Waals surface area contributed by atoms with Crippen LogP contribution in [-0.2, 0) is 16.1 Å². The number of nitrogens with zero attached hydrogens (tertiary/aromatic N) is 3. The molecule has 9 nitrogen and oxygen atoms in total. The van der Waals surface area contributed by atoms with Crippen LogP contribution in [0.4, 0.5) is 5.69 Å². The van der Waals surface area contributed by atoms with Crippen molar-refractivity contribution in [2.45, 2.75) is 26.3 Å². The number of carbonyl (C=O) groups is 2. The number of nitriles is 1. The van der Waals surface area contributed by atoms with Gasteiger partial charge in [-0.25, -0.2) is 4.79 Å². The number of esters is 1. The maximum Gasteiger partial charge on any atom is 0.352 e. The summed E-state index contributed by atoms with van der Waals surface area (Å²) in [5.74, 6) is -0.930. The first kappa shape index (κ1) is 25.9. The molecule has 1 aliphatic rings. The molecule has 1 saturated heterocycles. The number of amides is 1. The lowest BCUT2D eigenvalue weighted by Gasteiger charge is -2.14. The largest absolute Gasteiger partial charge is 0.457 e. The zero-order valence-corrected chi connectivity index (χ0v) is 20.5. The van der Waals surface area contributed by atoms with Crippen molar-refractivity contribution in [1.82, 2.24) is 14.8 Å². The van der Waals surface area contributed by atoms with E-state index in [4.69, 9.17) is 4.74 Å². The van der Waals surface area contributed by atoms with Gasteiger partial charge in [0.15, 0.2) is 5.57 Å². The van der Waals surface area contributed by atoms with Crippen molar-refractivity contribution in [2.24, 2.45) is 0 Å². The van der Waals surface area contributed by atoms with Crippen molar-refractivity contribution >= 4 is 40.7 Å². The second-order valence-electron chi connectivity index (χ2n) is 7.87. The molecule has 1 aromatic carbocycles. The Labute approximate surface area is 207 Å². The fraction of sp³-hybridized carbons (Fsp3) is 0.360. The Morgan fingerprint density at radius 2 is 1.97 bits per heavy atom. The van der Waals surface area contributed by atoms with Gasteiger partial charge in [0, 0.05) is 37.1 Å². The van der Waals surface area contributed by atoms with E-state index >= 15 is 0 Å². The topological polar surface area (TPSA) is 116 Å². The summed E-state index contributed by atoms with van der Waals surface area (Å²) < 4.78 is 6.90. The van der Waals surface area contributed by atoms with Crippen LogP contribution in [0.3, 0.4) is 0 Å². The lowest BCUT2D eigenvalue weighted by Crippen LogP contribution is -2.33. The fourth-order valence-corrected chi connectivity index (χ4v) is 4.76. The number of aromatic nitrogens is 1. The Morgan fingerprint density at radius 3 is 2.60 bits per heavy atom. The maximum absolute atomic E-state index is 12.8. The average Bonchev–Trinajstić information content (AvgIpc) is 3.49. The van der Waals surface area contributed by atoms with Crippen LogP contribution in [0.25, 0.3) is 11.8 Å². The van der Waals surface area contributed by atoms with Gasteiger partial charge < -0.3 is 20.3 Å². The third-order valence-corrected chi connectivity index (χ3v) is 6.65. The second-order valence-corrected chi connectivity index (χ2v) is 8.90. The van der Waals surface area contributed by atoms with E-state index in [1.54, 1.807) is 31.2 Å². The highest BCUT2D eigenvalue weighted by atomic mass is 32.1. The number of anilines is 1. The third kappa shape index (κ3) is 6.68. The van der Waals surface area contributed by atoms with Gasteiger partial charge in [0.2, 0.25) is 0 Å². The van der Waals surface area contributed by atoms with E-state index in [2.05, 4.69) is 22.1 Å². The normalized spacial score (nSPS) is 14.8. The number of hydrogen-bond acceptors (Lipinski definition) is 8. The average molecular weight is 496 g/mol. The van der Waals surface area contributed by atoms with Crippen LogP contribution in [0, 0.1) is 11.3 Å². The zero-order valence-electron chi connectivity index (χ0n) is 19.7. The number of likely N-dealkylation sites (tertiary alicyclic amines) is 1. The molecule has 2 aromatic rings. The Kier molecular flexibility index (Phi) is 9.40. The summed E-state index contributed by atoms with van der Waals surface area (Å²) in [7, 11) is 0. The summed E-state index contributed by atoms with van der Waals surface area (Å²) in [6.45, 7) is 9.16. The third-order valence-electron chi connectivity index (χ3n) is 5.52. The van der Waals surface area contributed by atoms with E-state index in [0.29, 0.717) is 28.9 Å². The van der Waals surface area contributed by atoms with E-state index in [1.807, 2.05) is 6.07 Å². The van der Waals surface area contributed by atoms with Gasteiger partial charge in [0.05, 0.1) is 0 Å². The highest BCUT2D eigenvalue weighted by molar-refractivity contribution is 7.07.